The minimum atomic E-state index is -0.635. The molecule has 0 unspecified atom stereocenters. The Morgan fingerprint density at radius 2 is 1.53 bits per heavy atom. The van der Waals surface area contributed by atoms with Gasteiger partial charge in [0.05, 0.1) is 13.2 Å². The summed E-state index contributed by atoms with van der Waals surface area (Å²) in [6.07, 6.45) is 0. The Morgan fingerprint density at radius 3 is 2.06 bits per heavy atom. The fraction of sp³-hybridized carbons (Fsp3) is 0.462. The molecule has 2 aromatic carbocycles. The number of nitrogens with one attached hydrogen (secondary N) is 2. The van der Waals surface area contributed by atoms with Gasteiger partial charge in [0.1, 0.15) is 6.04 Å². The fourth-order valence-electron chi connectivity index (χ4n) is 3.68. The third-order valence-corrected chi connectivity index (χ3v) is 5.76. The molecule has 6 nitrogen and oxygen atoms in total. The van der Waals surface area contributed by atoms with E-state index in [-0.39, 0.29) is 23.1 Å². The molecule has 0 aliphatic carbocycles. The molecule has 32 heavy (non-hydrogen) atoms. The molecule has 3 rings (SSSR count). The van der Waals surface area contributed by atoms with E-state index in [0.717, 1.165) is 37.6 Å². The van der Waals surface area contributed by atoms with Crippen LogP contribution in [0.1, 0.15) is 50.5 Å². The van der Waals surface area contributed by atoms with Gasteiger partial charge in [-0.25, -0.2) is 0 Å². The molecule has 0 spiro atoms. The van der Waals surface area contributed by atoms with Crippen LogP contribution in [0, 0.1) is 5.92 Å². The lowest BCUT2D eigenvalue weighted by molar-refractivity contribution is -0.118. The zero-order valence-corrected chi connectivity index (χ0v) is 19.8. The number of hydrogen-bond donors (Lipinski definition) is 2. The first-order valence-corrected chi connectivity index (χ1v) is 11.3. The largest absolute Gasteiger partial charge is 0.378 e. The zero-order valence-electron chi connectivity index (χ0n) is 19.8. The first-order chi connectivity index (χ1) is 15.1. The number of hydrogen-bond acceptors (Lipinski definition) is 4. The number of nitrogens with zero attached hydrogens (tertiary/aromatic N) is 1. The highest BCUT2D eigenvalue weighted by Gasteiger charge is 2.25. The number of amides is 2. The summed E-state index contributed by atoms with van der Waals surface area (Å²) in [5, 5.41) is 5.84. The quantitative estimate of drug-likeness (QED) is 0.710. The molecule has 0 bridgehead atoms. The van der Waals surface area contributed by atoms with E-state index < -0.39 is 6.04 Å². The molecule has 1 heterocycles. The summed E-state index contributed by atoms with van der Waals surface area (Å²) in [4.78, 5) is 28.0. The average molecular weight is 438 g/mol. The first kappa shape index (κ1) is 23.8. The van der Waals surface area contributed by atoms with E-state index in [1.54, 1.807) is 0 Å². The fourth-order valence-corrected chi connectivity index (χ4v) is 3.68. The highest BCUT2D eigenvalue weighted by Crippen LogP contribution is 2.22. The van der Waals surface area contributed by atoms with Crippen LogP contribution in [0.25, 0.3) is 0 Å². The van der Waals surface area contributed by atoms with E-state index in [1.165, 1.54) is 0 Å². The number of morpholine rings is 1. The molecule has 1 aliphatic rings. The van der Waals surface area contributed by atoms with Gasteiger partial charge < -0.3 is 20.3 Å². The van der Waals surface area contributed by atoms with Crippen LogP contribution in [0.3, 0.4) is 0 Å². The topological polar surface area (TPSA) is 70.7 Å². The van der Waals surface area contributed by atoms with Crippen LogP contribution in [0.15, 0.2) is 48.5 Å². The second-order valence-electron chi connectivity index (χ2n) is 9.66. The van der Waals surface area contributed by atoms with E-state index in [9.17, 15) is 9.59 Å². The second kappa shape index (κ2) is 10.2. The van der Waals surface area contributed by atoms with Gasteiger partial charge in [-0.05, 0) is 53.3 Å². The van der Waals surface area contributed by atoms with Crippen LogP contribution >= 0.6 is 0 Å². The van der Waals surface area contributed by atoms with Crippen molar-refractivity contribution in [1.82, 2.24) is 5.32 Å². The molecule has 172 valence electrons. The van der Waals surface area contributed by atoms with E-state index in [2.05, 4.69) is 36.3 Å². The Labute approximate surface area is 191 Å². The predicted molar refractivity (Wildman–Crippen MR) is 129 cm³/mol. The number of benzene rings is 2. The predicted octanol–water partition coefficient (Wildman–Crippen LogP) is 4.21. The Kier molecular flexibility index (Phi) is 7.56. The van der Waals surface area contributed by atoms with Crippen LogP contribution in [0.2, 0.25) is 0 Å². The lowest BCUT2D eigenvalue weighted by Gasteiger charge is -2.29. The summed E-state index contributed by atoms with van der Waals surface area (Å²) in [6.45, 7) is 13.4. The van der Waals surface area contributed by atoms with Crippen molar-refractivity contribution < 1.29 is 14.3 Å². The van der Waals surface area contributed by atoms with E-state index in [1.807, 2.05) is 62.4 Å². The molecule has 0 aromatic heterocycles. The minimum absolute atomic E-state index is 0.0205. The Bertz CT molecular complexity index is 909. The molecule has 6 heteroatoms. The normalized spacial score (nSPS) is 15.4. The van der Waals surface area contributed by atoms with Gasteiger partial charge in [0.25, 0.3) is 5.91 Å². The van der Waals surface area contributed by atoms with Crippen LogP contribution in [-0.4, -0.2) is 44.2 Å². The molecule has 0 radical (unpaired) electrons. The number of anilines is 2. The molecule has 1 saturated heterocycles. The number of carbonyl (C=O) groups excluding carboxylic acids is 2. The molecule has 0 saturated carbocycles. The van der Waals surface area contributed by atoms with Gasteiger partial charge in [0.15, 0.2) is 0 Å². The highest BCUT2D eigenvalue weighted by atomic mass is 16.5. The summed E-state index contributed by atoms with van der Waals surface area (Å²) in [5.41, 5.74) is 3.55. The first-order valence-electron chi connectivity index (χ1n) is 11.3. The van der Waals surface area contributed by atoms with Crippen LogP contribution in [0.5, 0.6) is 0 Å². The van der Waals surface area contributed by atoms with Crippen molar-refractivity contribution in [3.8, 4) is 0 Å². The maximum Gasteiger partial charge on any atom is 0.251 e. The van der Waals surface area contributed by atoms with E-state index in [0.29, 0.717) is 11.3 Å². The van der Waals surface area contributed by atoms with Gasteiger partial charge in [0.2, 0.25) is 5.91 Å². The van der Waals surface area contributed by atoms with Crippen LogP contribution in [0.4, 0.5) is 11.4 Å². The summed E-state index contributed by atoms with van der Waals surface area (Å²) in [6, 6.07) is 14.7. The van der Waals surface area contributed by atoms with Gasteiger partial charge >= 0.3 is 0 Å². The van der Waals surface area contributed by atoms with Gasteiger partial charge in [-0.1, -0.05) is 46.8 Å². The second-order valence-corrected chi connectivity index (χ2v) is 9.66. The summed E-state index contributed by atoms with van der Waals surface area (Å²) >= 11 is 0. The maximum absolute atomic E-state index is 12.9. The monoisotopic (exact) mass is 437 g/mol. The van der Waals surface area contributed by atoms with Crippen molar-refractivity contribution in [2.75, 3.05) is 36.5 Å². The molecule has 1 aliphatic heterocycles. The summed E-state index contributed by atoms with van der Waals surface area (Å²) in [7, 11) is 0. The van der Waals surface area contributed by atoms with Gasteiger partial charge in [-0.2, -0.15) is 0 Å². The molecule has 1 atom stereocenters. The molecular weight excluding hydrogens is 402 g/mol. The summed E-state index contributed by atoms with van der Waals surface area (Å²) in [5.74, 6) is -0.527. The van der Waals surface area contributed by atoms with Crippen molar-refractivity contribution >= 4 is 23.2 Å². The Hall–Kier alpha value is -2.86. The Morgan fingerprint density at radius 1 is 0.938 bits per heavy atom. The van der Waals surface area contributed by atoms with Gasteiger partial charge in [-0.3, -0.25) is 9.59 Å². The Balaban J connectivity index is 1.63. The minimum Gasteiger partial charge on any atom is -0.378 e. The van der Waals surface area contributed by atoms with Crippen molar-refractivity contribution in [2.45, 2.75) is 46.1 Å². The van der Waals surface area contributed by atoms with Gasteiger partial charge in [0, 0.05) is 30.0 Å². The van der Waals surface area contributed by atoms with Gasteiger partial charge in [-0.15, -0.1) is 0 Å². The van der Waals surface area contributed by atoms with Crippen LogP contribution in [-0.2, 0) is 14.9 Å². The third kappa shape index (κ3) is 6.10. The van der Waals surface area contributed by atoms with Crippen LogP contribution < -0.4 is 15.5 Å². The molecule has 1 fully saturated rings. The number of ether oxygens (including phenoxy) is 1. The number of rotatable bonds is 6. The molecule has 2 N–H and O–H groups in total. The molecule has 2 amide bonds. The number of carbonyl (C=O) groups is 2. The van der Waals surface area contributed by atoms with Crippen molar-refractivity contribution in [3.63, 3.8) is 0 Å². The lowest BCUT2D eigenvalue weighted by Crippen LogP contribution is -2.47. The molecule has 2 aromatic rings. The third-order valence-electron chi connectivity index (χ3n) is 5.76. The van der Waals surface area contributed by atoms with Crippen molar-refractivity contribution in [3.05, 3.63) is 59.7 Å². The van der Waals surface area contributed by atoms with E-state index in [4.69, 9.17) is 4.74 Å². The van der Waals surface area contributed by atoms with E-state index >= 15 is 0 Å². The van der Waals surface area contributed by atoms with Crippen molar-refractivity contribution in [2.24, 2.45) is 5.92 Å². The summed E-state index contributed by atoms with van der Waals surface area (Å²) < 4.78 is 5.40. The molecular formula is C26H35N3O3. The zero-order chi connectivity index (χ0) is 23.3. The smallest absolute Gasteiger partial charge is 0.251 e. The maximum atomic E-state index is 12.9. The average Bonchev–Trinajstić information content (AvgIpc) is 2.77. The van der Waals surface area contributed by atoms with Crippen molar-refractivity contribution in [1.29, 1.82) is 0 Å². The lowest BCUT2D eigenvalue weighted by atomic mass is 9.86. The highest BCUT2D eigenvalue weighted by molar-refractivity contribution is 6.01. The standard InChI is InChI=1S/C26H35N3O3/c1-18(2)23(28-24(30)19-6-8-20(9-7-19)26(3,4)5)25(31)27-21-10-12-22(13-11-21)29-14-16-32-17-15-29/h6-13,18,23H,14-17H2,1-5H3,(H,27,31)(H,28,30)/t23-/m0/s1. The SMILES string of the molecule is CC(C)[C@H](NC(=O)c1ccc(C(C)(C)C)cc1)C(=O)Nc1ccc(N2CCOCC2)cc1.